The second kappa shape index (κ2) is 6.32. The van der Waals surface area contributed by atoms with Crippen molar-refractivity contribution in [3.63, 3.8) is 0 Å². The van der Waals surface area contributed by atoms with Gasteiger partial charge in [0.2, 0.25) is 0 Å². The minimum atomic E-state index is 0.334. The normalized spacial score (nSPS) is 11.4. The molecule has 0 unspecified atom stereocenters. The van der Waals surface area contributed by atoms with E-state index in [2.05, 4.69) is 23.1 Å². The maximum atomic E-state index is 5.52. The van der Waals surface area contributed by atoms with E-state index in [4.69, 9.17) is 18.3 Å². The Bertz CT molecular complexity index is 463. The first-order chi connectivity index (χ1) is 8.17. The molecule has 0 atom stereocenters. The number of nitrogens with two attached hydrogens (primary N) is 1. The highest BCUT2D eigenvalue weighted by Crippen LogP contribution is 2.09. The van der Waals surface area contributed by atoms with Crippen molar-refractivity contribution in [2.24, 2.45) is 10.7 Å². The van der Waals surface area contributed by atoms with Gasteiger partial charge in [-0.2, -0.15) is 0 Å². The average molecular weight is 225 g/mol. The van der Waals surface area contributed by atoms with E-state index in [1.807, 2.05) is 0 Å². The fourth-order valence-electron chi connectivity index (χ4n) is 1.03. The van der Waals surface area contributed by atoms with Crippen LogP contribution >= 0.6 is 0 Å². The highest BCUT2D eigenvalue weighted by atomic mass is 16.5. The van der Waals surface area contributed by atoms with Gasteiger partial charge in [0.25, 0.3) is 0 Å². The zero-order chi connectivity index (χ0) is 12.7. The standard InChI is InChI=1S/C12H12BN3O/c1-3-17-9(2)11(6-7-14)16-12-5-4-10(13)8-15-12/h3-8H,1-2,14H2/b7-6-,16-11?. The average Bonchev–Trinajstić information content (AvgIpc) is 2.31. The lowest BCUT2D eigenvalue weighted by atomic mass is 9.99. The lowest BCUT2D eigenvalue weighted by Crippen LogP contribution is -2.03. The van der Waals surface area contributed by atoms with E-state index in [1.54, 1.807) is 18.2 Å². The third-order valence-corrected chi connectivity index (χ3v) is 1.77. The molecular formula is C12H12BN3O. The summed E-state index contributed by atoms with van der Waals surface area (Å²) in [5.74, 6) is 0.821. The van der Waals surface area contributed by atoms with Crippen LogP contribution in [-0.2, 0) is 4.74 Å². The second-order valence-corrected chi connectivity index (χ2v) is 3.01. The van der Waals surface area contributed by atoms with Gasteiger partial charge in [-0.15, -0.1) is 0 Å². The summed E-state index contributed by atoms with van der Waals surface area (Å²) in [6.45, 7) is 7.13. The Hall–Kier alpha value is -2.30. The molecule has 0 bridgehead atoms. The van der Waals surface area contributed by atoms with E-state index in [-0.39, 0.29) is 0 Å². The molecular weight excluding hydrogens is 213 g/mol. The quantitative estimate of drug-likeness (QED) is 0.463. The molecule has 17 heavy (non-hydrogen) atoms. The van der Waals surface area contributed by atoms with Crippen molar-refractivity contribution < 1.29 is 4.74 Å². The van der Waals surface area contributed by atoms with Gasteiger partial charge in [-0.25, -0.2) is 9.98 Å². The van der Waals surface area contributed by atoms with E-state index < -0.39 is 0 Å². The zero-order valence-electron chi connectivity index (χ0n) is 9.34. The molecule has 0 fully saturated rings. The molecule has 4 nitrogen and oxygen atoms in total. The molecule has 0 aliphatic rings. The van der Waals surface area contributed by atoms with Gasteiger partial charge >= 0.3 is 0 Å². The molecule has 0 spiro atoms. The van der Waals surface area contributed by atoms with Crippen LogP contribution in [0.5, 0.6) is 0 Å². The van der Waals surface area contributed by atoms with Crippen LogP contribution in [-0.4, -0.2) is 18.5 Å². The van der Waals surface area contributed by atoms with Crippen LogP contribution in [0.3, 0.4) is 0 Å². The highest BCUT2D eigenvalue weighted by molar-refractivity contribution is 6.32. The lowest BCUT2D eigenvalue weighted by Gasteiger charge is -2.04. The van der Waals surface area contributed by atoms with Crippen LogP contribution in [0.2, 0.25) is 0 Å². The number of hydrogen-bond donors (Lipinski definition) is 1. The predicted molar refractivity (Wildman–Crippen MR) is 70.5 cm³/mol. The molecule has 0 aliphatic heterocycles. The maximum absolute atomic E-state index is 5.52. The van der Waals surface area contributed by atoms with Crippen LogP contribution in [0.25, 0.3) is 0 Å². The van der Waals surface area contributed by atoms with E-state index in [0.717, 1.165) is 0 Å². The molecule has 1 aromatic heterocycles. The molecule has 1 rings (SSSR count). The Kier molecular flexibility index (Phi) is 4.75. The largest absolute Gasteiger partial charge is 0.464 e. The molecule has 0 saturated heterocycles. The third-order valence-electron chi connectivity index (χ3n) is 1.77. The first-order valence-corrected chi connectivity index (χ1v) is 4.82. The number of rotatable bonds is 5. The van der Waals surface area contributed by atoms with Gasteiger partial charge in [-0.05, 0) is 18.3 Å². The van der Waals surface area contributed by atoms with Crippen molar-refractivity contribution in [1.29, 1.82) is 0 Å². The van der Waals surface area contributed by atoms with Crippen molar-refractivity contribution >= 4 is 24.8 Å². The maximum Gasteiger partial charge on any atom is 0.152 e. The van der Waals surface area contributed by atoms with Gasteiger partial charge in [0.05, 0.1) is 6.26 Å². The summed E-state index contributed by atoms with van der Waals surface area (Å²) >= 11 is 0. The number of nitrogens with zero attached hydrogens (tertiary/aromatic N) is 2. The summed E-state index contributed by atoms with van der Waals surface area (Å²) in [6, 6.07) is 3.38. The minimum Gasteiger partial charge on any atom is -0.464 e. The Morgan fingerprint density at radius 1 is 1.53 bits per heavy atom. The van der Waals surface area contributed by atoms with Crippen molar-refractivity contribution in [3.05, 3.63) is 55.8 Å². The van der Waals surface area contributed by atoms with Crippen molar-refractivity contribution in [2.75, 3.05) is 0 Å². The Morgan fingerprint density at radius 2 is 2.29 bits per heavy atom. The number of ether oxygens (including phenoxy) is 1. The van der Waals surface area contributed by atoms with Crippen molar-refractivity contribution in [1.82, 2.24) is 4.98 Å². The van der Waals surface area contributed by atoms with Crippen LogP contribution in [0.4, 0.5) is 5.82 Å². The molecule has 0 saturated carbocycles. The number of allylic oxidation sites excluding steroid dienone is 1. The second-order valence-electron chi connectivity index (χ2n) is 3.01. The van der Waals surface area contributed by atoms with Gasteiger partial charge in [-0.3, -0.25) is 0 Å². The first-order valence-electron chi connectivity index (χ1n) is 4.82. The summed E-state index contributed by atoms with van der Waals surface area (Å²) in [4.78, 5) is 8.25. The van der Waals surface area contributed by atoms with Gasteiger partial charge in [0.1, 0.15) is 19.3 Å². The summed E-state index contributed by atoms with van der Waals surface area (Å²) in [6.07, 6.45) is 5.68. The minimum absolute atomic E-state index is 0.334. The monoisotopic (exact) mass is 225 g/mol. The van der Waals surface area contributed by atoms with Crippen molar-refractivity contribution in [3.8, 4) is 0 Å². The van der Waals surface area contributed by atoms with E-state index in [1.165, 1.54) is 18.7 Å². The topological polar surface area (TPSA) is 60.5 Å². The van der Waals surface area contributed by atoms with Gasteiger partial charge in [0, 0.05) is 6.20 Å². The smallest absolute Gasteiger partial charge is 0.152 e. The summed E-state index contributed by atoms with van der Waals surface area (Å²) in [5.41, 5.74) is 6.35. The van der Waals surface area contributed by atoms with Crippen LogP contribution in [0.1, 0.15) is 0 Å². The van der Waals surface area contributed by atoms with Gasteiger partial charge in [0.15, 0.2) is 5.82 Å². The molecule has 1 heterocycles. The summed E-state index contributed by atoms with van der Waals surface area (Å²) in [5, 5.41) is 0. The number of aliphatic imine (C=N–C) groups is 1. The summed E-state index contributed by atoms with van der Waals surface area (Å²) < 4.78 is 5.03. The fraction of sp³-hybridized carbons (Fsp3) is 0. The van der Waals surface area contributed by atoms with E-state index >= 15 is 0 Å². The molecule has 84 valence electrons. The molecule has 1 aromatic rings. The molecule has 2 N–H and O–H groups in total. The number of hydrogen-bond acceptors (Lipinski definition) is 4. The van der Waals surface area contributed by atoms with E-state index in [0.29, 0.717) is 22.8 Å². The van der Waals surface area contributed by atoms with Crippen LogP contribution in [0, 0.1) is 0 Å². The first kappa shape index (κ1) is 12.8. The SMILES string of the molecule is [B]c1ccc(N=C(/C=C\N)C(=C)OC=C)nc1. The molecule has 2 radical (unpaired) electrons. The zero-order valence-corrected chi connectivity index (χ0v) is 9.34. The molecule has 0 aromatic carbocycles. The molecule has 0 aliphatic carbocycles. The lowest BCUT2D eigenvalue weighted by molar-refractivity contribution is 0.382. The van der Waals surface area contributed by atoms with Crippen LogP contribution in [0.15, 0.2) is 60.8 Å². The van der Waals surface area contributed by atoms with E-state index in [9.17, 15) is 0 Å². The number of aromatic nitrogens is 1. The third kappa shape index (κ3) is 3.99. The molecule has 5 heteroatoms. The fourth-order valence-corrected chi connectivity index (χ4v) is 1.03. The molecule has 0 amide bonds. The van der Waals surface area contributed by atoms with Gasteiger partial charge in [-0.1, -0.05) is 24.7 Å². The Labute approximate surface area is 102 Å². The highest BCUT2D eigenvalue weighted by Gasteiger charge is 2.02. The van der Waals surface area contributed by atoms with Crippen LogP contribution < -0.4 is 11.2 Å². The predicted octanol–water partition coefficient (Wildman–Crippen LogP) is 1.09. The number of pyridine rings is 1. The van der Waals surface area contributed by atoms with Gasteiger partial charge < -0.3 is 10.5 Å². The Balaban J connectivity index is 3.01. The van der Waals surface area contributed by atoms with Crippen molar-refractivity contribution in [2.45, 2.75) is 0 Å². The Morgan fingerprint density at radius 3 is 2.82 bits per heavy atom. The summed E-state index contributed by atoms with van der Waals surface area (Å²) in [7, 11) is 5.52.